The number of aliphatic carboxylic acids is 1. The van der Waals surface area contributed by atoms with Gasteiger partial charge in [0.05, 0.1) is 15.4 Å². The summed E-state index contributed by atoms with van der Waals surface area (Å²) >= 11 is 5.64. The number of rotatable bonds is 6. The molecule has 0 bridgehead atoms. The van der Waals surface area contributed by atoms with Crippen LogP contribution in [0.3, 0.4) is 0 Å². The van der Waals surface area contributed by atoms with Crippen molar-refractivity contribution in [3.63, 3.8) is 0 Å². The molecule has 0 aromatic carbocycles. The lowest BCUT2D eigenvalue weighted by Crippen LogP contribution is -2.34. The molecule has 104 valence electrons. The topological polar surface area (TPSA) is 105 Å². The van der Waals surface area contributed by atoms with Gasteiger partial charge in [0, 0.05) is 18.8 Å². The molecule has 7 nitrogen and oxygen atoms in total. The molecule has 1 aromatic heterocycles. The first-order valence-corrected chi connectivity index (χ1v) is 5.95. The highest BCUT2D eigenvalue weighted by Gasteiger charge is 2.31. The number of carboxylic acids is 1. The molecule has 19 heavy (non-hydrogen) atoms. The lowest BCUT2D eigenvalue weighted by atomic mass is 9.88. The number of carbonyl (C=O) groups is 1. The van der Waals surface area contributed by atoms with E-state index < -0.39 is 16.3 Å². The molecule has 0 aliphatic rings. The van der Waals surface area contributed by atoms with Crippen LogP contribution in [0.1, 0.15) is 20.3 Å². The molecule has 8 heteroatoms. The Balaban J connectivity index is 2.95. The van der Waals surface area contributed by atoms with Crippen molar-refractivity contribution in [2.45, 2.75) is 20.3 Å². The van der Waals surface area contributed by atoms with Crippen LogP contribution in [-0.2, 0) is 4.79 Å². The van der Waals surface area contributed by atoms with Gasteiger partial charge in [-0.3, -0.25) is 14.9 Å². The summed E-state index contributed by atoms with van der Waals surface area (Å²) in [5.41, 5.74) is -1.30. The van der Waals surface area contributed by atoms with E-state index in [2.05, 4.69) is 10.3 Å². The minimum Gasteiger partial charge on any atom is -0.481 e. The zero-order chi connectivity index (χ0) is 14.6. The molecule has 1 aromatic rings. The van der Waals surface area contributed by atoms with Crippen molar-refractivity contribution in [3.8, 4) is 0 Å². The van der Waals surface area contributed by atoms with E-state index in [-0.39, 0.29) is 23.1 Å². The third kappa shape index (κ3) is 3.54. The van der Waals surface area contributed by atoms with E-state index in [9.17, 15) is 14.9 Å². The Kier molecular flexibility index (Phi) is 4.66. The van der Waals surface area contributed by atoms with Crippen molar-refractivity contribution in [3.05, 3.63) is 27.4 Å². The predicted octanol–water partition coefficient (Wildman–Crippen LogP) is 2.56. The molecule has 0 radical (unpaired) electrons. The normalized spacial score (nSPS) is 13.6. The Hall–Kier alpha value is -1.89. The average molecular weight is 288 g/mol. The zero-order valence-electron chi connectivity index (χ0n) is 10.5. The molecular formula is C11H14ClN3O4. The molecule has 1 atom stereocenters. The molecule has 1 rings (SSSR count). The van der Waals surface area contributed by atoms with Gasteiger partial charge in [-0.2, -0.15) is 0 Å². The molecular weight excluding hydrogens is 274 g/mol. The van der Waals surface area contributed by atoms with Crippen LogP contribution in [0.4, 0.5) is 11.5 Å². The lowest BCUT2D eigenvalue weighted by Gasteiger charge is -2.23. The number of nitrogens with one attached hydrogen (secondary N) is 1. The van der Waals surface area contributed by atoms with Crippen LogP contribution in [0.15, 0.2) is 12.3 Å². The number of hydrogen-bond donors (Lipinski definition) is 2. The van der Waals surface area contributed by atoms with E-state index in [0.29, 0.717) is 6.42 Å². The molecule has 0 saturated carbocycles. The maximum Gasteiger partial charge on any atom is 0.312 e. The van der Waals surface area contributed by atoms with Crippen molar-refractivity contribution < 1.29 is 14.8 Å². The molecule has 1 heterocycles. The Morgan fingerprint density at radius 3 is 2.79 bits per heavy atom. The lowest BCUT2D eigenvalue weighted by molar-refractivity contribution is -0.384. The van der Waals surface area contributed by atoms with Gasteiger partial charge in [-0.05, 0) is 13.3 Å². The van der Waals surface area contributed by atoms with Gasteiger partial charge in [0.15, 0.2) is 0 Å². The number of hydrogen-bond acceptors (Lipinski definition) is 5. The Morgan fingerprint density at radius 1 is 1.68 bits per heavy atom. The highest BCUT2D eigenvalue weighted by molar-refractivity contribution is 6.30. The predicted molar refractivity (Wildman–Crippen MR) is 70.4 cm³/mol. The fourth-order valence-electron chi connectivity index (χ4n) is 1.33. The molecule has 1 unspecified atom stereocenters. The summed E-state index contributed by atoms with van der Waals surface area (Å²) in [6, 6.07) is 1.17. The number of aromatic nitrogens is 1. The molecule has 0 aliphatic heterocycles. The van der Waals surface area contributed by atoms with Gasteiger partial charge in [-0.1, -0.05) is 18.5 Å². The molecule has 0 fully saturated rings. The van der Waals surface area contributed by atoms with Crippen molar-refractivity contribution in [1.29, 1.82) is 0 Å². The standard InChI is InChI=1S/C11H14ClN3O4/c1-3-11(2,10(16)17)6-14-9-8(15(18)19)4-7(12)5-13-9/h4-5H,3,6H2,1-2H3,(H,13,14)(H,16,17). The quantitative estimate of drug-likeness (QED) is 0.615. The second-order valence-electron chi connectivity index (χ2n) is 4.35. The molecule has 0 spiro atoms. The first-order valence-electron chi connectivity index (χ1n) is 5.57. The zero-order valence-corrected chi connectivity index (χ0v) is 11.3. The summed E-state index contributed by atoms with van der Waals surface area (Å²) < 4.78 is 0. The van der Waals surface area contributed by atoms with Crippen LogP contribution in [0, 0.1) is 15.5 Å². The molecule has 0 saturated heterocycles. The first-order chi connectivity index (χ1) is 8.80. The van der Waals surface area contributed by atoms with Crippen LogP contribution in [0.5, 0.6) is 0 Å². The Morgan fingerprint density at radius 2 is 2.32 bits per heavy atom. The number of nitro groups is 1. The summed E-state index contributed by atoms with van der Waals surface area (Å²) in [4.78, 5) is 25.2. The van der Waals surface area contributed by atoms with Gasteiger partial charge in [-0.25, -0.2) is 4.98 Å². The van der Waals surface area contributed by atoms with Crippen molar-refractivity contribution in [2.75, 3.05) is 11.9 Å². The number of halogens is 1. The first kappa shape index (κ1) is 15.2. The second-order valence-corrected chi connectivity index (χ2v) is 4.79. The number of carboxylic acid groups (broad SMARTS) is 1. The number of pyridine rings is 1. The Bertz CT molecular complexity index is 509. The van der Waals surface area contributed by atoms with Crippen LogP contribution in [0.2, 0.25) is 5.02 Å². The van der Waals surface area contributed by atoms with E-state index >= 15 is 0 Å². The van der Waals surface area contributed by atoms with E-state index in [4.69, 9.17) is 16.7 Å². The maximum absolute atomic E-state index is 11.1. The fraction of sp³-hybridized carbons (Fsp3) is 0.455. The van der Waals surface area contributed by atoms with Gasteiger partial charge in [-0.15, -0.1) is 0 Å². The van der Waals surface area contributed by atoms with E-state index in [1.807, 2.05) is 0 Å². The van der Waals surface area contributed by atoms with Gasteiger partial charge in [0.2, 0.25) is 5.82 Å². The van der Waals surface area contributed by atoms with Gasteiger partial charge in [0.25, 0.3) is 0 Å². The van der Waals surface area contributed by atoms with Crippen LogP contribution in [-0.4, -0.2) is 27.5 Å². The minimum absolute atomic E-state index is 0.00956. The SMILES string of the molecule is CCC(C)(CNc1ncc(Cl)cc1[N+](=O)[O-])C(=O)O. The summed E-state index contributed by atoms with van der Waals surface area (Å²) in [5, 5.41) is 22.8. The summed E-state index contributed by atoms with van der Waals surface area (Å²) in [6.45, 7) is 3.33. The van der Waals surface area contributed by atoms with E-state index in [0.717, 1.165) is 0 Å². The Labute approximate surface area is 114 Å². The smallest absolute Gasteiger partial charge is 0.312 e. The van der Waals surface area contributed by atoms with Crippen LogP contribution >= 0.6 is 11.6 Å². The molecule has 0 amide bonds. The third-order valence-electron chi connectivity index (χ3n) is 2.97. The summed E-state index contributed by atoms with van der Waals surface area (Å²) in [7, 11) is 0. The average Bonchev–Trinajstić information content (AvgIpc) is 2.36. The molecule has 2 N–H and O–H groups in total. The number of anilines is 1. The number of nitrogens with zero attached hydrogens (tertiary/aromatic N) is 2. The fourth-order valence-corrected chi connectivity index (χ4v) is 1.49. The van der Waals surface area contributed by atoms with E-state index in [1.165, 1.54) is 12.3 Å². The van der Waals surface area contributed by atoms with Crippen LogP contribution in [0.25, 0.3) is 0 Å². The monoisotopic (exact) mass is 287 g/mol. The van der Waals surface area contributed by atoms with Gasteiger partial charge >= 0.3 is 11.7 Å². The highest BCUT2D eigenvalue weighted by atomic mass is 35.5. The third-order valence-corrected chi connectivity index (χ3v) is 3.18. The van der Waals surface area contributed by atoms with E-state index in [1.54, 1.807) is 13.8 Å². The maximum atomic E-state index is 11.1. The largest absolute Gasteiger partial charge is 0.481 e. The highest BCUT2D eigenvalue weighted by Crippen LogP contribution is 2.27. The molecule has 0 aliphatic carbocycles. The van der Waals surface area contributed by atoms with Gasteiger partial charge in [0.1, 0.15) is 0 Å². The van der Waals surface area contributed by atoms with Crippen molar-refractivity contribution in [2.24, 2.45) is 5.41 Å². The minimum atomic E-state index is -1.02. The summed E-state index contributed by atoms with van der Waals surface area (Å²) in [6.07, 6.45) is 1.65. The summed E-state index contributed by atoms with van der Waals surface area (Å²) in [5.74, 6) is -0.963. The second kappa shape index (κ2) is 5.83. The van der Waals surface area contributed by atoms with Crippen LogP contribution < -0.4 is 5.32 Å². The van der Waals surface area contributed by atoms with Crippen molar-refractivity contribution >= 4 is 29.1 Å². The van der Waals surface area contributed by atoms with Gasteiger partial charge < -0.3 is 10.4 Å². The van der Waals surface area contributed by atoms with Crippen molar-refractivity contribution in [1.82, 2.24) is 4.98 Å².